The fraction of sp³-hybridized carbons (Fsp3) is 0.500. The molecule has 2 aromatic rings. The van der Waals surface area contributed by atoms with Gasteiger partial charge in [-0.05, 0) is 0 Å². The maximum Gasteiger partial charge on any atom is 0.211 e. The zero-order valence-electron chi connectivity index (χ0n) is 11.5. The largest absolute Gasteiger partial charge is 0.394 e. The van der Waals surface area contributed by atoms with Crippen molar-refractivity contribution in [3.63, 3.8) is 0 Å². The summed E-state index contributed by atoms with van der Waals surface area (Å²) in [7, 11) is 0. The quantitative estimate of drug-likeness (QED) is 0.624. The predicted octanol–water partition coefficient (Wildman–Crippen LogP) is -0.909. The summed E-state index contributed by atoms with van der Waals surface area (Å²) in [5, 5.41) is 19.1. The van der Waals surface area contributed by atoms with E-state index in [0.717, 1.165) is 0 Å². The molecule has 0 amide bonds. The third-order valence-corrected chi connectivity index (χ3v) is 3.34. The number of aromatic nitrogens is 4. The van der Waals surface area contributed by atoms with E-state index in [-0.39, 0.29) is 11.8 Å². The molecular weight excluding hydrogens is 276 g/mol. The summed E-state index contributed by atoms with van der Waals surface area (Å²) in [5.74, 6) is 0. The lowest BCUT2D eigenvalue weighted by Gasteiger charge is -2.16. The summed E-state index contributed by atoms with van der Waals surface area (Å²) in [6, 6.07) is 0. The van der Waals surface area contributed by atoms with Crippen LogP contribution in [0.5, 0.6) is 0 Å². The Kier molecular flexibility index (Phi) is 2.56. The zero-order valence-corrected chi connectivity index (χ0v) is 10.3. The maximum atomic E-state index is 10.2. The van der Waals surface area contributed by atoms with Crippen LogP contribution < -0.4 is 0 Å². The molecule has 2 aromatic heterocycles. The molecule has 3 heterocycles. The van der Waals surface area contributed by atoms with Crippen molar-refractivity contribution in [3.8, 4) is 0 Å². The highest BCUT2D eigenvalue weighted by Crippen LogP contribution is 2.31. The second-order valence-electron chi connectivity index (χ2n) is 4.18. The Bertz CT molecular complexity index is 645. The van der Waals surface area contributed by atoms with Crippen LogP contribution in [-0.4, -0.2) is 62.6 Å². The molecule has 3 N–H and O–H groups in total. The SMILES string of the molecule is [2H]OC[C@H]1O[C@@H](n2cnc3c(Cl)ncnc32)C(O)[C@H]1O[3H]. The van der Waals surface area contributed by atoms with Crippen LogP contribution in [0.4, 0.5) is 0 Å². The number of rotatable bonds is 4. The van der Waals surface area contributed by atoms with Gasteiger partial charge in [-0.1, -0.05) is 11.6 Å². The van der Waals surface area contributed by atoms with Gasteiger partial charge in [0, 0.05) is 0 Å². The van der Waals surface area contributed by atoms with Gasteiger partial charge in [0.25, 0.3) is 0 Å². The fourth-order valence-corrected chi connectivity index (χ4v) is 2.27. The van der Waals surface area contributed by atoms with Crippen LogP contribution >= 0.6 is 11.6 Å². The molecule has 1 unspecified atom stereocenters. The van der Waals surface area contributed by atoms with Crippen molar-refractivity contribution in [3.05, 3.63) is 17.8 Å². The molecule has 19 heavy (non-hydrogen) atoms. The average Bonchev–Trinajstić information content (AvgIpc) is 3.02. The molecule has 0 bridgehead atoms. The van der Waals surface area contributed by atoms with Gasteiger partial charge in [-0.15, -0.1) is 0 Å². The number of nitrogens with zero attached hydrogens (tertiary/aromatic N) is 4. The fourth-order valence-electron chi connectivity index (χ4n) is 2.09. The molecule has 0 aromatic carbocycles. The van der Waals surface area contributed by atoms with Crippen LogP contribution in [-0.2, 0) is 4.74 Å². The lowest BCUT2D eigenvalue weighted by Crippen LogP contribution is -2.33. The van der Waals surface area contributed by atoms with Gasteiger partial charge >= 0.3 is 0 Å². The van der Waals surface area contributed by atoms with E-state index in [0.29, 0.717) is 11.2 Å². The monoisotopic (exact) mass is 289 g/mol. The van der Waals surface area contributed by atoms with Gasteiger partial charge in [0.2, 0.25) is 2.86 Å². The number of halogens is 1. The number of ether oxygens (including phenoxy) is 1. The second-order valence-corrected chi connectivity index (χ2v) is 4.53. The van der Waals surface area contributed by atoms with Crippen LogP contribution in [0.3, 0.4) is 0 Å². The molecule has 1 saturated heterocycles. The standard InChI is InChI=1S/C10H11ClN4O4/c11-8-5-9(13-2-12-8)15(3-14-5)10-7(18)6(17)4(1-16)19-10/h2-4,6-7,10,16-18H,1H2/t4-,6+,7?,10-/m1/s1/i16D,17T. The number of imidazole rings is 1. The van der Waals surface area contributed by atoms with Gasteiger partial charge in [0.1, 0.15) is 30.2 Å². The van der Waals surface area contributed by atoms with Gasteiger partial charge in [0.15, 0.2) is 17.0 Å². The zero-order chi connectivity index (χ0) is 15.0. The van der Waals surface area contributed by atoms with E-state index in [1.807, 2.05) is 0 Å². The van der Waals surface area contributed by atoms with E-state index in [2.05, 4.69) is 25.2 Å². The van der Waals surface area contributed by atoms with E-state index in [1.165, 1.54) is 17.2 Å². The summed E-state index contributed by atoms with van der Waals surface area (Å²) < 4.78 is 20.9. The highest BCUT2D eigenvalue weighted by Gasteiger charge is 2.43. The van der Waals surface area contributed by atoms with Crippen LogP contribution in [0.1, 0.15) is 6.23 Å². The molecular formula is C10H11ClN4O4. The molecule has 4 atom stereocenters. The van der Waals surface area contributed by atoms with Crippen molar-refractivity contribution in [1.82, 2.24) is 19.5 Å². The molecule has 8 nitrogen and oxygen atoms in total. The Morgan fingerprint density at radius 2 is 2.42 bits per heavy atom. The highest BCUT2D eigenvalue weighted by atomic mass is 35.5. The molecule has 1 aliphatic rings. The normalized spacial score (nSPS) is 32.5. The van der Waals surface area contributed by atoms with Crippen LogP contribution in [0.15, 0.2) is 12.7 Å². The number of aliphatic hydroxyl groups is 3. The summed E-state index contributed by atoms with van der Waals surface area (Å²) >= 11 is 5.92. The van der Waals surface area contributed by atoms with E-state index in [9.17, 15) is 5.11 Å². The van der Waals surface area contributed by atoms with Gasteiger partial charge < -0.3 is 20.1 Å². The average molecular weight is 290 g/mol. The Morgan fingerprint density at radius 3 is 3.21 bits per heavy atom. The van der Waals surface area contributed by atoms with Crippen molar-refractivity contribution < 1.29 is 20.1 Å². The Labute approximate surface area is 115 Å². The molecule has 3 rings (SSSR count). The van der Waals surface area contributed by atoms with E-state index >= 15 is 0 Å². The van der Waals surface area contributed by atoms with E-state index < -0.39 is 24.5 Å². The molecule has 0 saturated carbocycles. The van der Waals surface area contributed by atoms with Crippen molar-refractivity contribution in [2.75, 3.05) is 6.61 Å². The lowest BCUT2D eigenvalue weighted by atomic mass is 10.1. The highest BCUT2D eigenvalue weighted by molar-refractivity contribution is 6.33. The van der Waals surface area contributed by atoms with Crippen molar-refractivity contribution >= 4 is 22.8 Å². The smallest absolute Gasteiger partial charge is 0.211 e. The molecule has 0 radical (unpaired) electrons. The van der Waals surface area contributed by atoms with Crippen LogP contribution in [0.2, 0.25) is 5.15 Å². The minimum atomic E-state index is -1.14. The van der Waals surface area contributed by atoms with Gasteiger partial charge in [-0.25, -0.2) is 15.0 Å². The first-order chi connectivity index (χ1) is 10.2. The van der Waals surface area contributed by atoms with Crippen LogP contribution in [0.25, 0.3) is 11.2 Å². The number of hydrogen-bond donors (Lipinski definition) is 3. The molecule has 9 heteroatoms. The van der Waals surface area contributed by atoms with Gasteiger partial charge in [0.05, 0.1) is 12.9 Å². The molecule has 1 fully saturated rings. The third kappa shape index (κ3) is 1.88. The maximum absolute atomic E-state index is 10.2. The van der Waals surface area contributed by atoms with Crippen LogP contribution in [0, 0.1) is 0 Å². The summed E-state index contributed by atoms with van der Waals surface area (Å²) in [6.45, 7) is -0.139. The first-order valence-corrected chi connectivity index (χ1v) is 5.91. The number of hydrogen-bond acceptors (Lipinski definition) is 7. The summed E-state index contributed by atoms with van der Waals surface area (Å²) in [4.78, 5) is 12.0. The van der Waals surface area contributed by atoms with Gasteiger partial charge in [-0.3, -0.25) is 4.57 Å². The number of aliphatic hydroxyl groups excluding tert-OH is 3. The first kappa shape index (κ1) is 10.5. The van der Waals surface area contributed by atoms with Crippen molar-refractivity contribution in [1.29, 1.82) is 2.86 Å². The Balaban J connectivity index is 1.97. The van der Waals surface area contributed by atoms with E-state index in [1.54, 1.807) is 0 Å². The summed E-state index contributed by atoms with van der Waals surface area (Å²) in [6.07, 6.45) is -1.05. The predicted molar refractivity (Wildman–Crippen MR) is 63.3 cm³/mol. The lowest BCUT2D eigenvalue weighted by molar-refractivity contribution is -0.0511. The summed E-state index contributed by atoms with van der Waals surface area (Å²) in [5.41, 5.74) is 0.758. The molecule has 1 aliphatic heterocycles. The third-order valence-electron chi connectivity index (χ3n) is 3.06. The Hall–Kier alpha value is -1.32. The minimum absolute atomic E-state index is 0.139. The van der Waals surface area contributed by atoms with Crippen molar-refractivity contribution in [2.45, 2.75) is 24.5 Å². The molecule has 0 spiro atoms. The molecule has 0 aliphatic carbocycles. The number of fused-ring (bicyclic) bond motifs is 1. The second kappa shape index (κ2) is 4.66. The van der Waals surface area contributed by atoms with E-state index in [4.69, 9.17) is 19.2 Å². The molecule has 102 valence electrons. The topological polar surface area (TPSA) is 114 Å². The minimum Gasteiger partial charge on any atom is -0.394 e. The first-order valence-electron chi connectivity index (χ1n) is 6.35. The van der Waals surface area contributed by atoms with Gasteiger partial charge in [-0.2, -0.15) is 0 Å². The van der Waals surface area contributed by atoms with Crippen molar-refractivity contribution in [2.24, 2.45) is 0 Å². The Morgan fingerprint density at radius 1 is 1.53 bits per heavy atom.